The summed E-state index contributed by atoms with van der Waals surface area (Å²) in [6.45, 7) is 0. The van der Waals surface area contributed by atoms with E-state index in [9.17, 15) is 13.6 Å². The molecule has 0 saturated heterocycles. The van der Waals surface area contributed by atoms with Crippen molar-refractivity contribution in [1.82, 2.24) is 4.98 Å². The molecule has 0 atom stereocenters. The molecule has 0 aromatic carbocycles. The van der Waals surface area contributed by atoms with E-state index in [2.05, 4.69) is 20.9 Å². The normalized spacial score (nSPS) is 10.7. The Morgan fingerprint density at radius 2 is 2.27 bits per heavy atom. The van der Waals surface area contributed by atoms with Gasteiger partial charge in [-0.3, -0.25) is 0 Å². The lowest BCUT2D eigenvalue weighted by Crippen LogP contribution is -2.07. The van der Waals surface area contributed by atoms with Gasteiger partial charge >= 0.3 is 5.97 Å². The largest absolute Gasteiger partial charge is 0.477 e. The number of pyridine rings is 1. The molecule has 1 aromatic heterocycles. The number of rotatable bonds is 3. The van der Waals surface area contributed by atoms with Crippen LogP contribution in [0.4, 0.5) is 8.78 Å². The number of carboxylic acid groups (broad SMARTS) is 1. The molecule has 3 nitrogen and oxygen atoms in total. The zero-order chi connectivity index (χ0) is 11.6. The van der Waals surface area contributed by atoms with Crippen LogP contribution >= 0.6 is 38.5 Å². The zero-order valence-corrected chi connectivity index (χ0v) is 10.9. The topological polar surface area (TPSA) is 50.2 Å². The fourth-order valence-corrected chi connectivity index (χ4v) is 2.59. The molecule has 0 aliphatic rings. The van der Waals surface area contributed by atoms with Gasteiger partial charge in [-0.15, -0.1) is 0 Å². The van der Waals surface area contributed by atoms with E-state index >= 15 is 0 Å². The highest BCUT2D eigenvalue weighted by Gasteiger charge is 2.19. The molecule has 1 aromatic rings. The van der Waals surface area contributed by atoms with Crippen molar-refractivity contribution in [3.63, 3.8) is 0 Å². The van der Waals surface area contributed by atoms with E-state index in [0.717, 1.165) is 6.07 Å². The lowest BCUT2D eigenvalue weighted by Gasteiger charge is -2.08. The van der Waals surface area contributed by atoms with Gasteiger partial charge in [-0.25, -0.2) is 18.6 Å². The van der Waals surface area contributed by atoms with Crippen LogP contribution < -0.4 is 0 Å². The number of alkyl halides is 3. The predicted octanol–water partition coefficient (Wildman–Crippen LogP) is 3.22. The van der Waals surface area contributed by atoms with Crippen LogP contribution in [0, 0.1) is 3.57 Å². The fraction of sp³-hybridized carbons (Fsp3) is 0.250. The maximum atomic E-state index is 12.5. The maximum absolute atomic E-state index is 12.5. The van der Waals surface area contributed by atoms with Gasteiger partial charge in [0.15, 0.2) is 0 Å². The zero-order valence-electron chi connectivity index (χ0n) is 7.18. The summed E-state index contributed by atoms with van der Waals surface area (Å²) in [5.74, 6) is -1.31. The van der Waals surface area contributed by atoms with Crippen LogP contribution in [0.2, 0.25) is 0 Å². The summed E-state index contributed by atoms with van der Waals surface area (Å²) in [4.78, 5) is 14.4. The first-order valence-corrected chi connectivity index (χ1v) is 5.94. The Kier molecular flexibility index (Phi) is 4.38. The van der Waals surface area contributed by atoms with Gasteiger partial charge in [-0.1, -0.05) is 15.9 Å². The van der Waals surface area contributed by atoms with Gasteiger partial charge in [-0.05, 0) is 28.7 Å². The van der Waals surface area contributed by atoms with Crippen LogP contribution in [0.3, 0.4) is 0 Å². The van der Waals surface area contributed by atoms with Gasteiger partial charge in [0.1, 0.15) is 5.69 Å². The third-order valence-electron chi connectivity index (χ3n) is 1.64. The minimum Gasteiger partial charge on any atom is -0.477 e. The van der Waals surface area contributed by atoms with Gasteiger partial charge in [0.25, 0.3) is 6.43 Å². The number of hydrogen-bond acceptors (Lipinski definition) is 2. The van der Waals surface area contributed by atoms with E-state index in [1.165, 1.54) is 0 Å². The molecule has 0 spiro atoms. The van der Waals surface area contributed by atoms with Crippen molar-refractivity contribution in [3.05, 3.63) is 26.6 Å². The SMILES string of the molecule is O=C(O)c1cc(C(F)F)c(I)c(CBr)n1. The lowest BCUT2D eigenvalue weighted by atomic mass is 10.2. The second-order valence-corrected chi connectivity index (χ2v) is 4.24. The van der Waals surface area contributed by atoms with E-state index in [-0.39, 0.29) is 16.6 Å². The average Bonchev–Trinajstić information content (AvgIpc) is 2.17. The maximum Gasteiger partial charge on any atom is 0.354 e. The quantitative estimate of drug-likeness (QED) is 0.635. The van der Waals surface area contributed by atoms with Crippen molar-refractivity contribution in [1.29, 1.82) is 0 Å². The standard InChI is InChI=1S/C8H5BrF2INO2/c9-2-5-6(12)3(7(10)11)1-4(13-5)8(14)15/h1,7H,2H2,(H,14,15). The van der Waals surface area contributed by atoms with E-state index in [1.54, 1.807) is 22.6 Å². The summed E-state index contributed by atoms with van der Waals surface area (Å²) in [5, 5.41) is 8.92. The molecule has 1 heterocycles. The minimum absolute atomic E-state index is 0.242. The van der Waals surface area contributed by atoms with Crippen LogP contribution in [0.15, 0.2) is 6.07 Å². The second-order valence-electron chi connectivity index (χ2n) is 2.60. The first kappa shape index (κ1) is 12.8. The summed E-state index contributed by atoms with van der Waals surface area (Å²) in [6.07, 6.45) is -2.70. The Morgan fingerprint density at radius 1 is 1.67 bits per heavy atom. The van der Waals surface area contributed by atoms with Crippen LogP contribution in [0.25, 0.3) is 0 Å². The van der Waals surface area contributed by atoms with Gasteiger partial charge in [-0.2, -0.15) is 0 Å². The molecule has 0 unspecified atom stereocenters. The summed E-state index contributed by atoms with van der Waals surface area (Å²) in [7, 11) is 0. The number of nitrogens with zero attached hydrogens (tertiary/aromatic N) is 1. The summed E-state index contributed by atoms with van der Waals surface area (Å²) in [5.41, 5.74) is -0.344. The number of aromatic carboxylic acids is 1. The van der Waals surface area contributed by atoms with Crippen molar-refractivity contribution in [3.8, 4) is 0 Å². The molecule has 0 saturated carbocycles. The molecule has 1 N–H and O–H groups in total. The third kappa shape index (κ3) is 2.83. The minimum atomic E-state index is -2.70. The monoisotopic (exact) mass is 391 g/mol. The van der Waals surface area contributed by atoms with Crippen molar-refractivity contribution in [2.45, 2.75) is 11.8 Å². The molecule has 0 bridgehead atoms. The van der Waals surface area contributed by atoms with Crippen LogP contribution in [0.1, 0.15) is 28.2 Å². The first-order chi connectivity index (χ1) is 6.97. The number of aromatic nitrogens is 1. The molecule has 0 amide bonds. The van der Waals surface area contributed by atoms with Crippen molar-refractivity contribution >= 4 is 44.5 Å². The Labute approximate surface area is 106 Å². The van der Waals surface area contributed by atoms with Gasteiger partial charge < -0.3 is 5.11 Å². The molecular weight excluding hydrogens is 387 g/mol. The number of hydrogen-bond donors (Lipinski definition) is 1. The molecule has 0 radical (unpaired) electrons. The molecule has 7 heteroatoms. The van der Waals surface area contributed by atoms with Gasteiger partial charge in [0.05, 0.1) is 5.69 Å². The summed E-state index contributed by atoms with van der Waals surface area (Å²) >= 11 is 4.80. The molecule has 0 aliphatic carbocycles. The van der Waals surface area contributed by atoms with Crippen molar-refractivity contribution in [2.75, 3.05) is 0 Å². The molecule has 1 rings (SSSR count). The number of carboxylic acids is 1. The van der Waals surface area contributed by atoms with E-state index in [0.29, 0.717) is 9.26 Å². The van der Waals surface area contributed by atoms with E-state index in [1.807, 2.05) is 0 Å². The lowest BCUT2D eigenvalue weighted by molar-refractivity contribution is 0.0689. The number of halogens is 4. The third-order valence-corrected chi connectivity index (χ3v) is 3.41. The van der Waals surface area contributed by atoms with Crippen molar-refractivity contribution in [2.24, 2.45) is 0 Å². The Morgan fingerprint density at radius 3 is 2.67 bits per heavy atom. The summed E-state index contributed by atoms with van der Waals surface area (Å²) < 4.78 is 25.4. The Bertz CT molecular complexity index is 400. The van der Waals surface area contributed by atoms with E-state index < -0.39 is 12.4 Å². The second kappa shape index (κ2) is 5.15. The Balaban J connectivity index is 3.38. The smallest absolute Gasteiger partial charge is 0.354 e. The molecule has 15 heavy (non-hydrogen) atoms. The fourth-order valence-electron chi connectivity index (χ4n) is 0.961. The summed E-state index contributed by atoms with van der Waals surface area (Å²) in [6, 6.07) is 0.904. The van der Waals surface area contributed by atoms with Crippen LogP contribution in [-0.4, -0.2) is 16.1 Å². The average molecular weight is 392 g/mol. The molecular formula is C8H5BrF2INO2. The van der Waals surface area contributed by atoms with Crippen LogP contribution in [-0.2, 0) is 5.33 Å². The number of carbonyl (C=O) groups is 1. The van der Waals surface area contributed by atoms with Gasteiger partial charge in [0.2, 0.25) is 0 Å². The predicted molar refractivity (Wildman–Crippen MR) is 61.5 cm³/mol. The molecule has 82 valence electrons. The first-order valence-electron chi connectivity index (χ1n) is 3.74. The Hall–Kier alpha value is -0.310. The molecule has 0 fully saturated rings. The van der Waals surface area contributed by atoms with Gasteiger partial charge in [0, 0.05) is 14.5 Å². The highest BCUT2D eigenvalue weighted by molar-refractivity contribution is 14.1. The van der Waals surface area contributed by atoms with E-state index in [4.69, 9.17) is 5.11 Å². The highest BCUT2D eigenvalue weighted by Crippen LogP contribution is 2.27. The van der Waals surface area contributed by atoms with Crippen LogP contribution in [0.5, 0.6) is 0 Å². The molecule has 0 aliphatic heterocycles. The van der Waals surface area contributed by atoms with Crippen molar-refractivity contribution < 1.29 is 18.7 Å². The highest BCUT2D eigenvalue weighted by atomic mass is 127.